The van der Waals surface area contributed by atoms with Crippen LogP contribution in [0.5, 0.6) is 0 Å². The van der Waals surface area contributed by atoms with Crippen LogP contribution in [-0.4, -0.2) is 9.91 Å². The quantitative estimate of drug-likeness (QED) is 0.527. The summed E-state index contributed by atoms with van der Waals surface area (Å²) >= 11 is 5.71. The van der Waals surface area contributed by atoms with Crippen LogP contribution in [0.15, 0.2) is 36.4 Å². The minimum Gasteiger partial charge on any atom is -0.339 e. The van der Waals surface area contributed by atoms with Crippen molar-refractivity contribution < 1.29 is 4.92 Å². The molecule has 0 aliphatic carbocycles. The Morgan fingerprint density at radius 3 is 2.79 bits per heavy atom. The number of pyridine rings is 1. The summed E-state index contributed by atoms with van der Waals surface area (Å²) in [5.41, 5.74) is 0.748. The summed E-state index contributed by atoms with van der Waals surface area (Å²) < 4.78 is 0. The summed E-state index contributed by atoms with van der Waals surface area (Å²) in [6.45, 7) is 0. The molecule has 0 radical (unpaired) electrons. The fourth-order valence-electron chi connectivity index (χ4n) is 1.48. The SMILES string of the molecule is N#Cc1ccccc1Nc1cc([N+](=O)[O-])cc(Cl)n1. The predicted octanol–water partition coefficient (Wildman–Crippen LogP) is 3.26. The highest BCUT2D eigenvalue weighted by Gasteiger charge is 2.11. The van der Waals surface area contributed by atoms with Gasteiger partial charge in [0.25, 0.3) is 5.69 Å². The largest absolute Gasteiger partial charge is 0.339 e. The number of rotatable bonds is 3. The van der Waals surface area contributed by atoms with E-state index in [0.29, 0.717) is 11.3 Å². The number of nitro groups is 1. The first-order valence-electron chi connectivity index (χ1n) is 5.18. The highest BCUT2D eigenvalue weighted by molar-refractivity contribution is 6.29. The molecule has 2 aromatic rings. The van der Waals surface area contributed by atoms with Crippen LogP contribution in [0.4, 0.5) is 17.2 Å². The fourth-order valence-corrected chi connectivity index (χ4v) is 1.68. The zero-order valence-electron chi connectivity index (χ0n) is 9.50. The normalized spacial score (nSPS) is 9.68. The van der Waals surface area contributed by atoms with Crippen molar-refractivity contribution in [2.75, 3.05) is 5.32 Å². The number of hydrogen-bond acceptors (Lipinski definition) is 5. The van der Waals surface area contributed by atoms with Crippen molar-refractivity contribution in [2.24, 2.45) is 0 Å². The maximum absolute atomic E-state index is 10.7. The standard InChI is InChI=1S/C12H7ClN4O2/c13-11-5-9(17(18)19)6-12(16-11)15-10-4-2-1-3-8(10)7-14/h1-6H,(H,15,16). The zero-order valence-corrected chi connectivity index (χ0v) is 10.3. The van der Waals surface area contributed by atoms with Crippen molar-refractivity contribution in [3.8, 4) is 6.07 Å². The maximum Gasteiger partial charge on any atom is 0.276 e. The molecular formula is C12H7ClN4O2. The first-order chi connectivity index (χ1) is 9.10. The average molecular weight is 275 g/mol. The second kappa shape index (κ2) is 5.33. The summed E-state index contributed by atoms with van der Waals surface area (Å²) in [7, 11) is 0. The molecule has 1 N–H and O–H groups in total. The van der Waals surface area contributed by atoms with Crippen LogP contribution in [0.1, 0.15) is 5.56 Å². The molecule has 0 bridgehead atoms. The van der Waals surface area contributed by atoms with Gasteiger partial charge in [0.2, 0.25) is 0 Å². The van der Waals surface area contributed by atoms with E-state index < -0.39 is 4.92 Å². The number of anilines is 2. The number of benzene rings is 1. The number of hydrogen-bond donors (Lipinski definition) is 1. The summed E-state index contributed by atoms with van der Waals surface area (Å²) in [6.07, 6.45) is 0. The van der Waals surface area contributed by atoms with Crippen LogP contribution in [0.25, 0.3) is 0 Å². The van der Waals surface area contributed by atoms with Crippen molar-refractivity contribution in [2.45, 2.75) is 0 Å². The first-order valence-corrected chi connectivity index (χ1v) is 5.56. The van der Waals surface area contributed by atoms with Crippen molar-refractivity contribution >= 4 is 28.8 Å². The van der Waals surface area contributed by atoms with Crippen LogP contribution in [0.3, 0.4) is 0 Å². The third-order valence-corrected chi connectivity index (χ3v) is 2.49. The molecule has 2 rings (SSSR count). The average Bonchev–Trinajstić information content (AvgIpc) is 2.38. The van der Waals surface area contributed by atoms with Crippen LogP contribution in [-0.2, 0) is 0 Å². The van der Waals surface area contributed by atoms with Gasteiger partial charge in [0.1, 0.15) is 17.0 Å². The van der Waals surface area contributed by atoms with Crippen LogP contribution >= 0.6 is 11.6 Å². The summed E-state index contributed by atoms with van der Waals surface area (Å²) in [6, 6.07) is 11.2. The van der Waals surface area contributed by atoms with Gasteiger partial charge in [0, 0.05) is 0 Å². The second-order valence-corrected chi connectivity index (χ2v) is 3.96. The molecule has 0 aliphatic rings. The van der Waals surface area contributed by atoms with E-state index in [1.807, 2.05) is 6.07 Å². The first kappa shape index (κ1) is 12.8. The third kappa shape index (κ3) is 2.97. The van der Waals surface area contributed by atoms with E-state index in [0.717, 1.165) is 6.07 Å². The molecule has 0 saturated heterocycles. The molecule has 0 aliphatic heterocycles. The highest BCUT2D eigenvalue weighted by Crippen LogP contribution is 2.24. The number of nitrogens with one attached hydrogen (secondary N) is 1. The Kier molecular flexibility index (Phi) is 3.59. The molecule has 0 amide bonds. The Labute approximate surface area is 113 Å². The minimum atomic E-state index is -0.561. The van der Waals surface area contributed by atoms with E-state index in [1.54, 1.807) is 24.3 Å². The van der Waals surface area contributed by atoms with Crippen LogP contribution in [0.2, 0.25) is 5.15 Å². The molecule has 6 nitrogen and oxygen atoms in total. The maximum atomic E-state index is 10.7. The molecule has 1 heterocycles. The predicted molar refractivity (Wildman–Crippen MR) is 70.3 cm³/mol. The number of nitrogens with zero attached hydrogens (tertiary/aromatic N) is 3. The lowest BCUT2D eigenvalue weighted by Gasteiger charge is -2.07. The highest BCUT2D eigenvalue weighted by atomic mass is 35.5. The monoisotopic (exact) mass is 274 g/mol. The summed E-state index contributed by atoms with van der Waals surface area (Å²) in [5, 5.41) is 22.5. The molecule has 7 heteroatoms. The molecule has 0 fully saturated rings. The van der Waals surface area contributed by atoms with Gasteiger partial charge in [-0.15, -0.1) is 0 Å². The summed E-state index contributed by atoms with van der Waals surface area (Å²) in [4.78, 5) is 14.1. The topological polar surface area (TPSA) is 91.8 Å². The molecule has 94 valence electrons. The van der Waals surface area contributed by atoms with E-state index in [2.05, 4.69) is 10.3 Å². The van der Waals surface area contributed by atoms with Crippen LogP contribution < -0.4 is 5.32 Å². The molecule has 1 aromatic heterocycles. The van der Waals surface area contributed by atoms with Crippen molar-refractivity contribution in [1.29, 1.82) is 5.26 Å². The van der Waals surface area contributed by atoms with E-state index in [-0.39, 0.29) is 16.7 Å². The Balaban J connectivity index is 2.39. The van der Waals surface area contributed by atoms with E-state index in [1.165, 1.54) is 6.07 Å². The van der Waals surface area contributed by atoms with Gasteiger partial charge < -0.3 is 5.32 Å². The molecule has 19 heavy (non-hydrogen) atoms. The van der Waals surface area contributed by atoms with Crippen molar-refractivity contribution in [3.63, 3.8) is 0 Å². The molecule has 0 saturated carbocycles. The lowest BCUT2D eigenvalue weighted by molar-refractivity contribution is -0.384. The number of aromatic nitrogens is 1. The van der Waals surface area contributed by atoms with Gasteiger partial charge in [0.15, 0.2) is 0 Å². The van der Waals surface area contributed by atoms with Crippen molar-refractivity contribution in [1.82, 2.24) is 4.98 Å². The fraction of sp³-hybridized carbons (Fsp3) is 0. The van der Waals surface area contributed by atoms with Crippen molar-refractivity contribution in [3.05, 3.63) is 57.2 Å². The lowest BCUT2D eigenvalue weighted by Crippen LogP contribution is -1.98. The van der Waals surface area contributed by atoms with Gasteiger partial charge in [-0.2, -0.15) is 5.26 Å². The molecule has 0 atom stereocenters. The van der Waals surface area contributed by atoms with E-state index in [9.17, 15) is 10.1 Å². The zero-order chi connectivity index (χ0) is 13.8. The number of para-hydroxylation sites is 1. The Morgan fingerprint density at radius 2 is 2.11 bits per heavy atom. The number of nitriles is 1. The summed E-state index contributed by atoms with van der Waals surface area (Å²) in [5.74, 6) is 0.210. The Morgan fingerprint density at radius 1 is 1.37 bits per heavy atom. The Bertz CT molecular complexity index is 682. The Hall–Kier alpha value is -2.65. The van der Waals surface area contributed by atoms with Crippen LogP contribution in [0, 0.1) is 21.4 Å². The second-order valence-electron chi connectivity index (χ2n) is 3.57. The number of halogens is 1. The lowest BCUT2D eigenvalue weighted by atomic mass is 10.2. The van der Waals surface area contributed by atoms with Gasteiger partial charge >= 0.3 is 0 Å². The molecule has 0 spiro atoms. The molecule has 1 aromatic carbocycles. The van der Waals surface area contributed by atoms with E-state index >= 15 is 0 Å². The van der Waals surface area contributed by atoms with Gasteiger partial charge in [0.05, 0.1) is 28.3 Å². The van der Waals surface area contributed by atoms with E-state index in [4.69, 9.17) is 16.9 Å². The smallest absolute Gasteiger partial charge is 0.276 e. The minimum absolute atomic E-state index is 0.00568. The molecular weight excluding hydrogens is 268 g/mol. The molecule has 0 unspecified atom stereocenters. The van der Waals surface area contributed by atoms with Gasteiger partial charge in [-0.1, -0.05) is 23.7 Å². The van der Waals surface area contributed by atoms with Gasteiger partial charge in [-0.05, 0) is 12.1 Å². The van der Waals surface area contributed by atoms with Gasteiger partial charge in [-0.25, -0.2) is 4.98 Å². The third-order valence-electron chi connectivity index (χ3n) is 2.30. The van der Waals surface area contributed by atoms with Gasteiger partial charge in [-0.3, -0.25) is 10.1 Å².